The fourth-order valence-corrected chi connectivity index (χ4v) is 2.25. The van der Waals surface area contributed by atoms with Crippen molar-refractivity contribution in [2.45, 2.75) is 31.6 Å². The second-order valence-electron chi connectivity index (χ2n) is 3.19. The average molecular weight is 195 g/mol. The van der Waals surface area contributed by atoms with E-state index in [1.165, 1.54) is 29.1 Å². The van der Waals surface area contributed by atoms with Crippen molar-refractivity contribution in [2.75, 3.05) is 11.5 Å². The van der Waals surface area contributed by atoms with Crippen LogP contribution in [0.2, 0.25) is 0 Å². The summed E-state index contributed by atoms with van der Waals surface area (Å²) in [7, 11) is 0. The molecule has 0 saturated carbocycles. The minimum absolute atomic E-state index is 0.948. The Labute approximate surface area is 84.7 Å². The van der Waals surface area contributed by atoms with Crippen LogP contribution >= 0.6 is 11.8 Å². The lowest BCUT2D eigenvalue weighted by Crippen LogP contribution is -1.92. The molecule has 0 fully saturated rings. The molecule has 0 radical (unpaired) electrons. The molecule has 1 nitrogen and oxygen atoms in total. The second kappa shape index (κ2) is 5.18. The van der Waals surface area contributed by atoms with Crippen LogP contribution in [0.15, 0.2) is 23.1 Å². The molecule has 2 N–H and O–H groups in total. The van der Waals surface area contributed by atoms with Gasteiger partial charge in [0.25, 0.3) is 0 Å². The normalized spacial score (nSPS) is 10.3. The molecule has 0 aliphatic carbocycles. The number of hydrogen-bond acceptors (Lipinski definition) is 2. The number of hydrogen-bond donors (Lipinski definition) is 1. The molecular formula is C11H17NS. The molecule has 1 aromatic carbocycles. The minimum atomic E-state index is 0.948. The third kappa shape index (κ3) is 2.96. The lowest BCUT2D eigenvalue weighted by atomic mass is 10.2. The summed E-state index contributed by atoms with van der Waals surface area (Å²) in [5, 5.41) is 0. The minimum Gasteiger partial charge on any atom is -0.398 e. The van der Waals surface area contributed by atoms with E-state index >= 15 is 0 Å². The first-order valence-electron chi connectivity index (χ1n) is 4.73. The van der Waals surface area contributed by atoms with E-state index in [1.807, 2.05) is 11.8 Å². The Morgan fingerprint density at radius 3 is 2.85 bits per heavy atom. The van der Waals surface area contributed by atoms with Gasteiger partial charge < -0.3 is 5.73 Å². The highest BCUT2D eigenvalue weighted by Crippen LogP contribution is 2.27. The summed E-state index contributed by atoms with van der Waals surface area (Å²) in [6.07, 6.45) is 2.51. The number of unbranched alkanes of at least 4 members (excludes halogenated alkanes) is 1. The summed E-state index contributed by atoms with van der Waals surface area (Å²) < 4.78 is 0. The molecular weight excluding hydrogens is 178 g/mol. The smallest absolute Gasteiger partial charge is 0.0481 e. The van der Waals surface area contributed by atoms with Crippen LogP contribution in [0, 0.1) is 6.92 Å². The van der Waals surface area contributed by atoms with Crippen molar-refractivity contribution >= 4 is 17.4 Å². The van der Waals surface area contributed by atoms with Crippen molar-refractivity contribution in [3.8, 4) is 0 Å². The van der Waals surface area contributed by atoms with Crippen molar-refractivity contribution in [1.82, 2.24) is 0 Å². The molecule has 0 aliphatic heterocycles. The Morgan fingerprint density at radius 2 is 2.15 bits per heavy atom. The second-order valence-corrected chi connectivity index (χ2v) is 4.33. The Hall–Kier alpha value is -0.630. The average Bonchev–Trinajstić information content (AvgIpc) is 2.13. The fourth-order valence-electron chi connectivity index (χ4n) is 1.11. The van der Waals surface area contributed by atoms with Crippen LogP contribution in [0.5, 0.6) is 0 Å². The van der Waals surface area contributed by atoms with E-state index in [1.54, 1.807) is 0 Å². The van der Waals surface area contributed by atoms with Crippen LogP contribution < -0.4 is 5.73 Å². The molecule has 0 bridgehead atoms. The standard InChI is InChI=1S/C11H17NS/c1-3-4-8-13-10-7-5-6-9(2)11(10)12/h5-7H,3-4,8,12H2,1-2H3. The van der Waals surface area contributed by atoms with Crippen molar-refractivity contribution in [2.24, 2.45) is 0 Å². The Balaban J connectivity index is 2.61. The van der Waals surface area contributed by atoms with Gasteiger partial charge in [0.15, 0.2) is 0 Å². The Morgan fingerprint density at radius 1 is 1.38 bits per heavy atom. The zero-order valence-corrected chi connectivity index (χ0v) is 9.16. The maximum atomic E-state index is 5.94. The van der Waals surface area contributed by atoms with Crippen LogP contribution in [0.1, 0.15) is 25.3 Å². The molecule has 0 aromatic heterocycles. The monoisotopic (exact) mass is 195 g/mol. The highest BCUT2D eigenvalue weighted by molar-refractivity contribution is 7.99. The number of benzene rings is 1. The molecule has 13 heavy (non-hydrogen) atoms. The van der Waals surface area contributed by atoms with E-state index < -0.39 is 0 Å². The summed E-state index contributed by atoms with van der Waals surface area (Å²) >= 11 is 1.86. The largest absolute Gasteiger partial charge is 0.398 e. The molecule has 0 atom stereocenters. The number of nitrogen functional groups attached to an aromatic ring is 1. The topological polar surface area (TPSA) is 26.0 Å². The molecule has 0 aliphatic rings. The molecule has 2 heteroatoms. The third-order valence-corrected chi connectivity index (χ3v) is 3.20. The lowest BCUT2D eigenvalue weighted by molar-refractivity contribution is 0.896. The van der Waals surface area contributed by atoms with Gasteiger partial charge >= 0.3 is 0 Å². The zero-order valence-electron chi connectivity index (χ0n) is 8.34. The summed E-state index contributed by atoms with van der Waals surface area (Å²) in [6, 6.07) is 6.22. The number of rotatable bonds is 4. The van der Waals surface area contributed by atoms with Gasteiger partial charge in [0.1, 0.15) is 0 Å². The van der Waals surface area contributed by atoms with Crippen LogP contribution in [0.4, 0.5) is 5.69 Å². The first-order chi connectivity index (χ1) is 6.25. The summed E-state index contributed by atoms with van der Waals surface area (Å²) in [6.45, 7) is 4.26. The first-order valence-corrected chi connectivity index (χ1v) is 5.72. The van der Waals surface area contributed by atoms with Gasteiger partial charge in [-0.3, -0.25) is 0 Å². The van der Waals surface area contributed by atoms with Crippen molar-refractivity contribution in [1.29, 1.82) is 0 Å². The van der Waals surface area contributed by atoms with E-state index in [4.69, 9.17) is 5.73 Å². The van der Waals surface area contributed by atoms with Gasteiger partial charge in [-0.1, -0.05) is 25.5 Å². The highest BCUT2D eigenvalue weighted by Gasteiger charge is 2.00. The van der Waals surface area contributed by atoms with E-state index in [2.05, 4.69) is 32.0 Å². The highest BCUT2D eigenvalue weighted by atomic mass is 32.2. The first kappa shape index (κ1) is 10.5. The molecule has 0 heterocycles. The van der Waals surface area contributed by atoms with Gasteiger partial charge in [-0.25, -0.2) is 0 Å². The maximum Gasteiger partial charge on any atom is 0.0481 e. The van der Waals surface area contributed by atoms with Gasteiger partial charge in [-0.2, -0.15) is 0 Å². The Bertz CT molecular complexity index is 271. The number of para-hydroxylation sites is 1. The molecule has 0 saturated heterocycles. The zero-order chi connectivity index (χ0) is 9.68. The van der Waals surface area contributed by atoms with Crippen LogP contribution in [-0.4, -0.2) is 5.75 Å². The molecule has 0 amide bonds. The predicted octanol–water partition coefficient (Wildman–Crippen LogP) is 3.47. The Kier molecular flexibility index (Phi) is 4.16. The summed E-state index contributed by atoms with van der Waals surface area (Å²) in [5.41, 5.74) is 8.07. The van der Waals surface area contributed by atoms with Crippen LogP contribution in [-0.2, 0) is 0 Å². The van der Waals surface area contributed by atoms with Gasteiger partial charge in [0, 0.05) is 10.6 Å². The quantitative estimate of drug-likeness (QED) is 0.452. The summed E-state index contributed by atoms with van der Waals surface area (Å²) in [5.74, 6) is 1.17. The SMILES string of the molecule is CCCCSc1cccc(C)c1N. The van der Waals surface area contributed by atoms with E-state index in [0.29, 0.717) is 0 Å². The van der Waals surface area contributed by atoms with Crippen molar-refractivity contribution < 1.29 is 0 Å². The predicted molar refractivity (Wildman–Crippen MR) is 61.2 cm³/mol. The number of thioether (sulfide) groups is 1. The fraction of sp³-hybridized carbons (Fsp3) is 0.455. The third-order valence-electron chi connectivity index (χ3n) is 2.04. The van der Waals surface area contributed by atoms with Gasteiger partial charge in [-0.15, -0.1) is 11.8 Å². The maximum absolute atomic E-state index is 5.94. The molecule has 1 rings (SSSR count). The number of anilines is 1. The lowest BCUT2D eigenvalue weighted by Gasteiger charge is -2.06. The molecule has 0 unspecified atom stereocenters. The van der Waals surface area contributed by atoms with Gasteiger partial charge in [0.05, 0.1) is 0 Å². The molecule has 72 valence electrons. The van der Waals surface area contributed by atoms with E-state index in [9.17, 15) is 0 Å². The van der Waals surface area contributed by atoms with Gasteiger partial charge in [-0.05, 0) is 30.7 Å². The van der Waals surface area contributed by atoms with Crippen LogP contribution in [0.25, 0.3) is 0 Å². The van der Waals surface area contributed by atoms with E-state index in [-0.39, 0.29) is 0 Å². The van der Waals surface area contributed by atoms with Crippen molar-refractivity contribution in [3.05, 3.63) is 23.8 Å². The van der Waals surface area contributed by atoms with Gasteiger partial charge in [0.2, 0.25) is 0 Å². The number of nitrogens with two attached hydrogens (primary N) is 1. The van der Waals surface area contributed by atoms with E-state index in [0.717, 1.165) is 5.69 Å². The molecule has 0 spiro atoms. The summed E-state index contributed by atoms with van der Waals surface area (Å²) in [4.78, 5) is 1.23. The molecule has 1 aromatic rings. The van der Waals surface area contributed by atoms with Crippen molar-refractivity contribution in [3.63, 3.8) is 0 Å². The van der Waals surface area contributed by atoms with Crippen LogP contribution in [0.3, 0.4) is 0 Å². The number of aryl methyl sites for hydroxylation is 1.